The molecule has 2 saturated heterocycles. The van der Waals surface area contributed by atoms with Gasteiger partial charge >= 0.3 is 0 Å². The minimum absolute atomic E-state index is 0.0724. The lowest BCUT2D eigenvalue weighted by Gasteiger charge is -2.52. The maximum absolute atomic E-state index is 11.3. The summed E-state index contributed by atoms with van der Waals surface area (Å²) in [5, 5.41) is 22.5. The van der Waals surface area contributed by atoms with Gasteiger partial charge in [-0.3, -0.25) is 0 Å². The third-order valence-electron chi connectivity index (χ3n) is 11.8. The molecule has 0 amide bonds. The van der Waals surface area contributed by atoms with Crippen LogP contribution in [-0.4, -0.2) is 35.0 Å². The van der Waals surface area contributed by atoms with Crippen LogP contribution in [0, 0.1) is 70.0 Å². The van der Waals surface area contributed by atoms with Crippen LogP contribution in [0.25, 0.3) is 0 Å². The van der Waals surface area contributed by atoms with E-state index < -0.39 is 12.6 Å². The van der Waals surface area contributed by atoms with Crippen molar-refractivity contribution in [2.75, 3.05) is 0 Å². The molecule has 8 aliphatic rings. The van der Waals surface area contributed by atoms with Gasteiger partial charge in [-0.1, -0.05) is 13.8 Å². The van der Waals surface area contributed by atoms with E-state index in [4.69, 9.17) is 9.47 Å². The zero-order chi connectivity index (χ0) is 17.3. The van der Waals surface area contributed by atoms with Crippen LogP contribution < -0.4 is 0 Å². The van der Waals surface area contributed by atoms with Gasteiger partial charge < -0.3 is 19.7 Å². The highest BCUT2D eigenvalue weighted by Crippen LogP contribution is 2.87. The van der Waals surface area contributed by atoms with Crippen molar-refractivity contribution in [2.45, 2.75) is 64.3 Å². The molecule has 8 fully saturated rings. The van der Waals surface area contributed by atoms with E-state index in [0.717, 1.165) is 12.8 Å². The molecule has 26 heavy (non-hydrogen) atoms. The van der Waals surface area contributed by atoms with Crippen LogP contribution in [-0.2, 0) is 9.47 Å². The van der Waals surface area contributed by atoms with Crippen molar-refractivity contribution in [3.63, 3.8) is 0 Å². The zero-order valence-electron chi connectivity index (χ0n) is 15.6. The van der Waals surface area contributed by atoms with E-state index >= 15 is 0 Å². The average molecular weight is 358 g/mol. The Morgan fingerprint density at radius 1 is 0.615 bits per heavy atom. The Kier molecular flexibility index (Phi) is 2.24. The summed E-state index contributed by atoms with van der Waals surface area (Å²) in [5.74, 6) is 6.34. The zero-order valence-corrected chi connectivity index (χ0v) is 15.6. The van der Waals surface area contributed by atoms with Crippen molar-refractivity contribution in [1.82, 2.24) is 0 Å². The van der Waals surface area contributed by atoms with E-state index in [0.29, 0.717) is 59.2 Å². The number of aliphatic hydroxyl groups excluding tert-OH is 2. The molecule has 0 radical (unpaired) electrons. The molecule has 6 aliphatic carbocycles. The molecule has 0 aromatic carbocycles. The van der Waals surface area contributed by atoms with E-state index in [-0.39, 0.29) is 23.0 Å². The van der Waals surface area contributed by atoms with Gasteiger partial charge in [0.25, 0.3) is 0 Å². The minimum atomic E-state index is -0.585. The van der Waals surface area contributed by atoms with Gasteiger partial charge in [-0.2, -0.15) is 0 Å². The second-order valence-corrected chi connectivity index (χ2v) is 11.7. The lowest BCUT2D eigenvalue weighted by molar-refractivity contribution is -0.277. The fraction of sp³-hybridized carbons (Fsp3) is 1.00. The van der Waals surface area contributed by atoms with Crippen LogP contribution in [0.1, 0.15) is 39.5 Å². The molecule has 2 aliphatic heterocycles. The van der Waals surface area contributed by atoms with E-state index in [2.05, 4.69) is 13.8 Å². The van der Waals surface area contributed by atoms with Crippen molar-refractivity contribution in [3.8, 4) is 0 Å². The van der Waals surface area contributed by atoms with Crippen LogP contribution >= 0.6 is 0 Å². The standard InChI is InChI=1S/C22H30O4/c1-21-15-7-3-5-10-12(7)18-13(15)14-16(22(18,2)20(24)26-10)8-4-6-9(25-19(21)23)11(8)17(14)21/h7-20,23-24H,3-6H2,1-2H3/t7-,8+,9-,10-,11+,12+,13+,14+,15+,16-,17-,18-,19+,20+,21+,22+/m1/s1. The molecule has 8 rings (SSSR count). The number of fused-ring (bicyclic) bond motifs is 4. The monoisotopic (exact) mass is 358 g/mol. The van der Waals surface area contributed by atoms with Gasteiger partial charge in [-0.05, 0) is 84.9 Å². The third kappa shape index (κ3) is 1.11. The van der Waals surface area contributed by atoms with Crippen molar-refractivity contribution in [2.24, 2.45) is 70.0 Å². The van der Waals surface area contributed by atoms with Gasteiger partial charge in [0, 0.05) is 10.8 Å². The van der Waals surface area contributed by atoms with E-state index in [1.54, 1.807) is 0 Å². The maximum atomic E-state index is 11.3. The van der Waals surface area contributed by atoms with Gasteiger partial charge in [0.2, 0.25) is 0 Å². The SMILES string of the molecule is C[C@]12[C@H]3[C@H]4[C@@H]5[C@H]6[C@H]7[C@H](CC[C@H]7O[C@H](O)[C@@]6(C)[C@H]4[C@@H]4CC[C@@H](O[C@@H]1O)[C@H]43)[C@H]52. The fourth-order valence-corrected chi connectivity index (χ4v) is 11.8. The highest BCUT2D eigenvalue weighted by Gasteiger charge is 2.87. The summed E-state index contributed by atoms with van der Waals surface area (Å²) in [6.45, 7) is 4.77. The van der Waals surface area contributed by atoms with Gasteiger partial charge in [-0.15, -0.1) is 0 Å². The molecule has 0 spiro atoms. The average Bonchev–Trinajstić information content (AvgIpc) is 3.34. The first-order valence-corrected chi connectivity index (χ1v) is 11.2. The summed E-state index contributed by atoms with van der Waals surface area (Å²) in [5.41, 5.74) is -0.145. The molecule has 16 atom stereocenters. The van der Waals surface area contributed by atoms with Gasteiger partial charge in [0.05, 0.1) is 12.2 Å². The lowest BCUT2D eigenvalue weighted by Crippen LogP contribution is -2.55. The largest absolute Gasteiger partial charge is 0.367 e. The number of aliphatic hydroxyl groups is 2. The number of ether oxygens (including phenoxy) is 2. The Labute approximate surface area is 154 Å². The minimum Gasteiger partial charge on any atom is -0.367 e. The van der Waals surface area contributed by atoms with Crippen molar-refractivity contribution in [1.29, 1.82) is 0 Å². The molecule has 0 aromatic rings. The smallest absolute Gasteiger partial charge is 0.160 e. The number of hydrogen-bond acceptors (Lipinski definition) is 4. The van der Waals surface area contributed by atoms with Crippen LogP contribution in [0.15, 0.2) is 0 Å². The van der Waals surface area contributed by atoms with Crippen LogP contribution in [0.5, 0.6) is 0 Å². The molecule has 0 bridgehead atoms. The predicted molar refractivity (Wildman–Crippen MR) is 91.3 cm³/mol. The van der Waals surface area contributed by atoms with Gasteiger partial charge in [0.15, 0.2) is 12.6 Å². The van der Waals surface area contributed by atoms with Crippen molar-refractivity contribution in [3.05, 3.63) is 0 Å². The molecule has 4 nitrogen and oxygen atoms in total. The number of hydrogen-bond donors (Lipinski definition) is 2. The summed E-state index contributed by atoms with van der Waals surface area (Å²) in [4.78, 5) is 0. The fourth-order valence-electron chi connectivity index (χ4n) is 11.8. The van der Waals surface area contributed by atoms with E-state index in [1.807, 2.05) is 0 Å². The number of rotatable bonds is 0. The molecular weight excluding hydrogens is 328 g/mol. The maximum Gasteiger partial charge on any atom is 0.160 e. The summed E-state index contributed by atoms with van der Waals surface area (Å²) < 4.78 is 12.7. The highest BCUT2D eigenvalue weighted by atomic mass is 16.6. The Bertz CT molecular complexity index is 665. The molecule has 2 heterocycles. The first-order chi connectivity index (χ1) is 12.5. The first-order valence-electron chi connectivity index (χ1n) is 11.2. The normalized spacial score (nSPS) is 78.9. The summed E-state index contributed by atoms with van der Waals surface area (Å²) in [6.07, 6.45) is 3.99. The molecule has 0 aromatic heterocycles. The van der Waals surface area contributed by atoms with Gasteiger partial charge in [-0.25, -0.2) is 0 Å². The Morgan fingerprint density at radius 3 is 1.46 bits per heavy atom. The highest BCUT2D eigenvalue weighted by molar-refractivity contribution is 5.32. The molecule has 142 valence electrons. The lowest BCUT2D eigenvalue weighted by atomic mass is 9.61. The van der Waals surface area contributed by atoms with Crippen LogP contribution in [0.2, 0.25) is 0 Å². The second kappa shape index (κ2) is 3.94. The van der Waals surface area contributed by atoms with Gasteiger partial charge in [0.1, 0.15) is 0 Å². The second-order valence-electron chi connectivity index (χ2n) is 11.7. The quantitative estimate of drug-likeness (QED) is 0.697. The van der Waals surface area contributed by atoms with Crippen molar-refractivity contribution < 1.29 is 19.7 Å². The third-order valence-corrected chi connectivity index (χ3v) is 11.8. The molecule has 0 unspecified atom stereocenters. The molecule has 2 N–H and O–H groups in total. The summed E-state index contributed by atoms with van der Waals surface area (Å²) in [6, 6.07) is 0. The molecule has 6 saturated carbocycles. The Balaban J connectivity index is 1.43. The van der Waals surface area contributed by atoms with E-state index in [9.17, 15) is 10.2 Å². The summed E-state index contributed by atoms with van der Waals surface area (Å²) >= 11 is 0. The van der Waals surface area contributed by atoms with Crippen LogP contribution in [0.3, 0.4) is 0 Å². The summed E-state index contributed by atoms with van der Waals surface area (Å²) in [7, 11) is 0. The topological polar surface area (TPSA) is 58.9 Å². The first kappa shape index (κ1) is 14.8. The predicted octanol–water partition coefficient (Wildman–Crippen LogP) is 2.24. The molecular formula is C22H30O4. The van der Waals surface area contributed by atoms with Crippen LogP contribution in [0.4, 0.5) is 0 Å². The van der Waals surface area contributed by atoms with Crippen molar-refractivity contribution >= 4 is 0 Å². The van der Waals surface area contributed by atoms with E-state index in [1.165, 1.54) is 12.8 Å². The Morgan fingerprint density at radius 2 is 1.04 bits per heavy atom. The molecule has 4 heteroatoms. The Hall–Kier alpha value is -0.160.